The Morgan fingerprint density at radius 2 is 1.73 bits per heavy atom. The molecule has 206 valence electrons. The Morgan fingerprint density at radius 3 is 2.40 bits per heavy atom. The summed E-state index contributed by atoms with van der Waals surface area (Å²) < 4.78 is 10.8. The van der Waals surface area contributed by atoms with E-state index in [0.717, 1.165) is 42.4 Å². The lowest BCUT2D eigenvalue weighted by Crippen LogP contribution is -2.35. The number of methoxy groups -OCH3 is 1. The summed E-state index contributed by atoms with van der Waals surface area (Å²) in [6, 6.07) is 20.2. The standard InChI is InChI=1S/C32H33N3O5/c1-20-17-26-27(18-25(20)32(38)39-3)34-31(37)29(26)30(22-7-5-4-6-8-22)33-23-11-9-21(10-12-23)28(36)19-40-24-13-15-35(2)16-14-24/h4-12,17-18,24,34,37H,13-16,19H2,1-3H3. The number of piperidine rings is 1. The lowest BCUT2D eigenvalue weighted by atomic mass is 9.98. The minimum atomic E-state index is -0.446. The van der Waals surface area contributed by atoms with Crippen LogP contribution in [0, 0.1) is 6.92 Å². The first-order valence-electron chi connectivity index (χ1n) is 13.4. The Balaban J connectivity index is 1.45. The number of hydrogen-bond acceptors (Lipinski definition) is 7. The number of benzene rings is 3. The van der Waals surface area contributed by atoms with Crippen molar-refractivity contribution in [2.45, 2.75) is 25.9 Å². The van der Waals surface area contributed by atoms with Crippen molar-refractivity contribution in [1.82, 2.24) is 9.88 Å². The summed E-state index contributed by atoms with van der Waals surface area (Å²) in [5.74, 6) is -0.570. The third-order valence-corrected chi connectivity index (χ3v) is 7.36. The third kappa shape index (κ3) is 5.83. The predicted molar refractivity (Wildman–Crippen MR) is 155 cm³/mol. The third-order valence-electron chi connectivity index (χ3n) is 7.36. The van der Waals surface area contributed by atoms with Crippen molar-refractivity contribution in [3.05, 3.63) is 94.5 Å². The lowest BCUT2D eigenvalue weighted by Gasteiger charge is -2.28. The largest absolute Gasteiger partial charge is 0.494 e. The summed E-state index contributed by atoms with van der Waals surface area (Å²) in [5, 5.41) is 11.7. The van der Waals surface area contributed by atoms with E-state index in [9.17, 15) is 14.7 Å². The van der Waals surface area contributed by atoms with Crippen LogP contribution in [0.3, 0.4) is 0 Å². The maximum absolute atomic E-state index is 12.8. The summed E-state index contributed by atoms with van der Waals surface area (Å²) in [5.41, 5.74) is 4.80. The number of carbonyl (C=O) groups is 2. The van der Waals surface area contributed by atoms with Gasteiger partial charge in [-0.2, -0.15) is 0 Å². The van der Waals surface area contributed by atoms with Crippen LogP contribution < -0.4 is 0 Å². The molecule has 8 heteroatoms. The molecule has 1 fully saturated rings. The average Bonchev–Trinajstić information content (AvgIpc) is 3.29. The topological polar surface area (TPSA) is 104 Å². The molecular formula is C32H33N3O5. The summed E-state index contributed by atoms with van der Waals surface area (Å²) >= 11 is 0. The highest BCUT2D eigenvalue weighted by molar-refractivity contribution is 6.22. The molecular weight excluding hydrogens is 506 g/mol. The van der Waals surface area contributed by atoms with Gasteiger partial charge >= 0.3 is 5.97 Å². The fourth-order valence-corrected chi connectivity index (χ4v) is 5.05. The van der Waals surface area contributed by atoms with Crippen molar-refractivity contribution >= 4 is 34.1 Å². The van der Waals surface area contributed by atoms with Gasteiger partial charge < -0.3 is 24.5 Å². The molecule has 5 rings (SSSR count). The molecule has 1 saturated heterocycles. The molecule has 0 saturated carbocycles. The number of H-pyrrole nitrogens is 1. The Labute approximate surface area is 233 Å². The number of hydrogen-bond donors (Lipinski definition) is 2. The fourth-order valence-electron chi connectivity index (χ4n) is 5.05. The number of Topliss-reactive ketones (excluding diaryl/α,β-unsaturated/α-hetero) is 1. The van der Waals surface area contributed by atoms with Crippen LogP contribution in [-0.2, 0) is 9.47 Å². The van der Waals surface area contributed by atoms with E-state index in [1.807, 2.05) is 43.3 Å². The molecule has 0 aliphatic carbocycles. The Kier molecular flexibility index (Phi) is 8.09. The van der Waals surface area contributed by atoms with E-state index in [1.165, 1.54) is 7.11 Å². The number of likely N-dealkylation sites (tertiary alicyclic amines) is 1. The molecule has 0 atom stereocenters. The first kappa shape index (κ1) is 27.3. The maximum Gasteiger partial charge on any atom is 0.338 e. The van der Waals surface area contributed by atoms with Crippen LogP contribution in [0.4, 0.5) is 5.69 Å². The minimum absolute atomic E-state index is 0.0579. The maximum atomic E-state index is 12.8. The molecule has 4 aromatic rings. The van der Waals surface area contributed by atoms with Crippen LogP contribution in [0.1, 0.15) is 50.2 Å². The molecule has 0 spiro atoms. The zero-order valence-electron chi connectivity index (χ0n) is 22.9. The second kappa shape index (κ2) is 11.9. The predicted octanol–water partition coefficient (Wildman–Crippen LogP) is 5.43. The number of aromatic amines is 1. The number of ether oxygens (including phenoxy) is 2. The number of nitrogens with zero attached hydrogens (tertiary/aromatic N) is 2. The first-order valence-corrected chi connectivity index (χ1v) is 13.4. The molecule has 1 aromatic heterocycles. The second-order valence-electron chi connectivity index (χ2n) is 10.2. The molecule has 2 heterocycles. The van der Waals surface area contributed by atoms with Gasteiger partial charge in [0.05, 0.1) is 35.7 Å². The summed E-state index contributed by atoms with van der Waals surface area (Å²) in [7, 11) is 3.43. The SMILES string of the molecule is COC(=O)c1cc2[nH]c(O)c(C(=Nc3ccc(C(=O)COC4CCN(C)CC4)cc3)c3ccccc3)c2cc1C. The van der Waals surface area contributed by atoms with Gasteiger partial charge in [0.15, 0.2) is 11.7 Å². The Morgan fingerprint density at radius 1 is 1.02 bits per heavy atom. The van der Waals surface area contributed by atoms with Gasteiger partial charge in [-0.3, -0.25) is 4.79 Å². The van der Waals surface area contributed by atoms with Gasteiger partial charge in [0.2, 0.25) is 0 Å². The number of carbonyl (C=O) groups excluding carboxylic acids is 2. The number of nitrogens with one attached hydrogen (secondary N) is 1. The fraction of sp³-hybridized carbons (Fsp3) is 0.281. The van der Waals surface area contributed by atoms with Gasteiger partial charge in [0, 0.05) is 35.1 Å². The van der Waals surface area contributed by atoms with Crippen LogP contribution in [0.15, 0.2) is 71.7 Å². The van der Waals surface area contributed by atoms with Crippen LogP contribution in [0.25, 0.3) is 10.9 Å². The molecule has 8 nitrogen and oxygen atoms in total. The van der Waals surface area contributed by atoms with Gasteiger partial charge in [-0.15, -0.1) is 0 Å². The zero-order valence-corrected chi connectivity index (χ0v) is 22.9. The number of aromatic nitrogens is 1. The summed E-state index contributed by atoms with van der Waals surface area (Å²) in [6.07, 6.45) is 1.99. The summed E-state index contributed by atoms with van der Waals surface area (Å²) in [6.45, 7) is 3.84. The normalized spacial score (nSPS) is 14.9. The van der Waals surface area contributed by atoms with E-state index in [0.29, 0.717) is 33.6 Å². The molecule has 0 bridgehead atoms. The van der Waals surface area contributed by atoms with Gasteiger partial charge in [0.25, 0.3) is 0 Å². The first-order chi connectivity index (χ1) is 19.3. The van der Waals surface area contributed by atoms with Crippen LogP contribution >= 0.6 is 0 Å². The van der Waals surface area contributed by atoms with E-state index in [2.05, 4.69) is 16.9 Å². The van der Waals surface area contributed by atoms with Gasteiger partial charge in [0.1, 0.15) is 6.61 Å². The van der Waals surface area contributed by atoms with Gasteiger partial charge in [-0.25, -0.2) is 9.79 Å². The minimum Gasteiger partial charge on any atom is -0.494 e. The number of aromatic hydroxyl groups is 1. The van der Waals surface area contributed by atoms with Crippen molar-refractivity contribution in [1.29, 1.82) is 0 Å². The summed E-state index contributed by atoms with van der Waals surface area (Å²) in [4.78, 5) is 35.1. The van der Waals surface area contributed by atoms with Crippen molar-refractivity contribution in [2.75, 3.05) is 33.9 Å². The highest BCUT2D eigenvalue weighted by Gasteiger charge is 2.22. The van der Waals surface area contributed by atoms with E-state index in [1.54, 1.807) is 30.3 Å². The zero-order chi connectivity index (χ0) is 28.2. The molecule has 0 unspecified atom stereocenters. The molecule has 2 N–H and O–H groups in total. The quantitative estimate of drug-likeness (QED) is 0.176. The Bertz CT molecular complexity index is 1550. The number of aryl methyl sites for hydroxylation is 1. The number of ketones is 1. The van der Waals surface area contributed by atoms with E-state index in [-0.39, 0.29) is 24.4 Å². The van der Waals surface area contributed by atoms with E-state index >= 15 is 0 Å². The van der Waals surface area contributed by atoms with Crippen molar-refractivity contribution < 1.29 is 24.2 Å². The second-order valence-corrected chi connectivity index (χ2v) is 10.2. The van der Waals surface area contributed by atoms with E-state index in [4.69, 9.17) is 14.5 Å². The number of esters is 1. The van der Waals surface area contributed by atoms with Gasteiger partial charge in [-0.05, 0) is 68.8 Å². The molecule has 0 amide bonds. The average molecular weight is 540 g/mol. The van der Waals surface area contributed by atoms with Crippen LogP contribution in [0.2, 0.25) is 0 Å². The van der Waals surface area contributed by atoms with Crippen molar-refractivity contribution in [3.8, 4) is 5.88 Å². The number of aliphatic imine (C=N–C) groups is 1. The molecule has 1 aliphatic heterocycles. The van der Waals surface area contributed by atoms with Gasteiger partial charge in [-0.1, -0.05) is 30.3 Å². The van der Waals surface area contributed by atoms with Crippen LogP contribution in [-0.4, -0.2) is 72.4 Å². The van der Waals surface area contributed by atoms with E-state index < -0.39 is 5.97 Å². The molecule has 0 radical (unpaired) electrons. The monoisotopic (exact) mass is 539 g/mol. The lowest BCUT2D eigenvalue weighted by molar-refractivity contribution is 0.0156. The molecule has 40 heavy (non-hydrogen) atoms. The number of rotatable bonds is 8. The Hall–Kier alpha value is -4.27. The van der Waals surface area contributed by atoms with Crippen molar-refractivity contribution in [2.24, 2.45) is 4.99 Å². The molecule has 1 aliphatic rings. The van der Waals surface area contributed by atoms with Crippen molar-refractivity contribution in [3.63, 3.8) is 0 Å². The highest BCUT2D eigenvalue weighted by Crippen LogP contribution is 2.33. The smallest absolute Gasteiger partial charge is 0.338 e. The molecule has 3 aromatic carbocycles. The van der Waals surface area contributed by atoms with Crippen LogP contribution in [0.5, 0.6) is 5.88 Å². The highest BCUT2D eigenvalue weighted by atomic mass is 16.5. The number of fused-ring (bicyclic) bond motifs is 1.